The van der Waals surface area contributed by atoms with Crippen LogP contribution in [0, 0.1) is 0 Å². The number of methoxy groups -OCH3 is 1. The van der Waals surface area contributed by atoms with Gasteiger partial charge in [0.1, 0.15) is 10.6 Å². The number of sulfonamides is 1. The summed E-state index contributed by atoms with van der Waals surface area (Å²) >= 11 is 0. The molecule has 0 aliphatic carbocycles. The minimum Gasteiger partial charge on any atom is -0.495 e. The summed E-state index contributed by atoms with van der Waals surface area (Å²) in [6, 6.07) is 4.64. The van der Waals surface area contributed by atoms with Gasteiger partial charge in [0, 0.05) is 0 Å². The Hall–Kier alpha value is -1.11. The van der Waals surface area contributed by atoms with Gasteiger partial charge in [0.2, 0.25) is 10.0 Å². The van der Waals surface area contributed by atoms with E-state index < -0.39 is 16.1 Å². The van der Waals surface area contributed by atoms with Crippen molar-refractivity contribution in [1.29, 1.82) is 0 Å². The molecule has 1 atom stereocenters. The second-order valence-corrected chi connectivity index (χ2v) is 5.11. The number of ether oxygens (including phenoxy) is 1. The molecule has 1 aromatic rings. The van der Waals surface area contributed by atoms with Gasteiger partial charge in [-0.1, -0.05) is 6.07 Å². The Labute approximate surface area is 94.9 Å². The number of primary sulfonamides is 1. The summed E-state index contributed by atoms with van der Waals surface area (Å²) in [5, 5.41) is 14.3. The third-order valence-corrected chi connectivity index (χ3v) is 3.00. The highest BCUT2D eigenvalue weighted by Crippen LogP contribution is 2.24. The van der Waals surface area contributed by atoms with E-state index in [1.165, 1.54) is 19.2 Å². The molecular formula is C10H15NO4S. The van der Waals surface area contributed by atoms with Crippen LogP contribution in [0.1, 0.15) is 12.5 Å². The molecule has 0 bridgehead atoms. The third kappa shape index (κ3) is 3.19. The van der Waals surface area contributed by atoms with E-state index >= 15 is 0 Å². The molecule has 0 saturated carbocycles. The third-order valence-electron chi connectivity index (χ3n) is 2.07. The van der Waals surface area contributed by atoms with Gasteiger partial charge in [0.05, 0.1) is 13.2 Å². The Morgan fingerprint density at radius 1 is 1.50 bits per heavy atom. The van der Waals surface area contributed by atoms with Crippen LogP contribution in [0.4, 0.5) is 0 Å². The van der Waals surface area contributed by atoms with Gasteiger partial charge in [0.25, 0.3) is 0 Å². The summed E-state index contributed by atoms with van der Waals surface area (Å²) in [5.74, 6) is 0.205. The molecule has 5 nitrogen and oxygen atoms in total. The van der Waals surface area contributed by atoms with Gasteiger partial charge in [-0.3, -0.25) is 0 Å². The molecule has 3 N–H and O–H groups in total. The Balaban J connectivity index is 3.22. The van der Waals surface area contributed by atoms with Crippen LogP contribution < -0.4 is 9.88 Å². The molecule has 1 aromatic carbocycles. The average Bonchev–Trinajstić information content (AvgIpc) is 2.15. The summed E-state index contributed by atoms with van der Waals surface area (Å²) < 4.78 is 27.5. The zero-order valence-corrected chi connectivity index (χ0v) is 9.99. The molecule has 6 heteroatoms. The smallest absolute Gasteiger partial charge is 0.241 e. The standard InChI is InChI=1S/C10H15NO4S/c1-7(12)5-8-3-4-9(15-2)10(6-8)16(11,13)14/h3-4,6-7,12H,5H2,1-2H3,(H2,11,13,14). The monoisotopic (exact) mass is 245 g/mol. The van der Waals surface area contributed by atoms with Crippen molar-refractivity contribution in [3.63, 3.8) is 0 Å². The minimum atomic E-state index is -3.81. The quantitative estimate of drug-likeness (QED) is 0.796. The number of aliphatic hydroxyl groups is 1. The Morgan fingerprint density at radius 2 is 2.12 bits per heavy atom. The lowest BCUT2D eigenvalue weighted by Crippen LogP contribution is -2.14. The van der Waals surface area contributed by atoms with Crippen molar-refractivity contribution in [2.24, 2.45) is 5.14 Å². The van der Waals surface area contributed by atoms with Crippen LogP contribution in [-0.2, 0) is 16.4 Å². The van der Waals surface area contributed by atoms with Gasteiger partial charge in [0.15, 0.2) is 0 Å². The number of benzene rings is 1. The SMILES string of the molecule is COc1ccc(CC(C)O)cc1S(N)(=O)=O. The lowest BCUT2D eigenvalue weighted by atomic mass is 10.1. The van der Waals surface area contributed by atoms with E-state index in [2.05, 4.69) is 0 Å². The topological polar surface area (TPSA) is 89.6 Å². The van der Waals surface area contributed by atoms with Crippen molar-refractivity contribution in [2.45, 2.75) is 24.3 Å². The minimum absolute atomic E-state index is 0.0619. The highest BCUT2D eigenvalue weighted by Gasteiger charge is 2.15. The van der Waals surface area contributed by atoms with E-state index in [4.69, 9.17) is 9.88 Å². The number of aliphatic hydroxyl groups excluding tert-OH is 1. The fraction of sp³-hybridized carbons (Fsp3) is 0.400. The van der Waals surface area contributed by atoms with E-state index in [9.17, 15) is 13.5 Å². The molecule has 1 rings (SSSR count). The van der Waals surface area contributed by atoms with Crippen molar-refractivity contribution in [3.8, 4) is 5.75 Å². The number of hydrogen-bond donors (Lipinski definition) is 2. The Bertz CT molecular complexity index is 468. The van der Waals surface area contributed by atoms with Gasteiger partial charge in [-0.15, -0.1) is 0 Å². The average molecular weight is 245 g/mol. The molecule has 0 aliphatic rings. The lowest BCUT2D eigenvalue weighted by Gasteiger charge is -2.10. The first-order valence-electron chi connectivity index (χ1n) is 4.72. The largest absolute Gasteiger partial charge is 0.495 e. The van der Waals surface area contributed by atoms with E-state index in [-0.39, 0.29) is 10.6 Å². The maximum absolute atomic E-state index is 11.3. The number of rotatable bonds is 4. The van der Waals surface area contributed by atoms with Crippen LogP contribution in [0.2, 0.25) is 0 Å². The first-order valence-corrected chi connectivity index (χ1v) is 6.27. The fourth-order valence-electron chi connectivity index (χ4n) is 1.41. The van der Waals surface area contributed by atoms with Gasteiger partial charge in [-0.05, 0) is 31.0 Å². The predicted molar refractivity (Wildman–Crippen MR) is 59.8 cm³/mol. The van der Waals surface area contributed by atoms with Crippen LogP contribution in [0.5, 0.6) is 5.75 Å². The lowest BCUT2D eigenvalue weighted by molar-refractivity contribution is 0.195. The number of nitrogens with two attached hydrogens (primary N) is 1. The second kappa shape index (κ2) is 4.82. The first-order chi connectivity index (χ1) is 7.34. The van der Waals surface area contributed by atoms with Crippen LogP contribution in [0.3, 0.4) is 0 Å². The first kappa shape index (κ1) is 13.0. The molecule has 0 aromatic heterocycles. The Morgan fingerprint density at radius 3 is 2.56 bits per heavy atom. The predicted octanol–water partition coefficient (Wildman–Crippen LogP) is 0.266. The van der Waals surface area contributed by atoms with Crippen LogP contribution in [-0.4, -0.2) is 26.7 Å². The molecule has 0 heterocycles. The van der Waals surface area contributed by atoms with Crippen molar-refractivity contribution >= 4 is 10.0 Å². The fourth-order valence-corrected chi connectivity index (χ4v) is 2.16. The molecule has 0 aliphatic heterocycles. The maximum atomic E-state index is 11.3. The number of hydrogen-bond acceptors (Lipinski definition) is 4. The molecular weight excluding hydrogens is 230 g/mol. The second-order valence-electron chi connectivity index (χ2n) is 3.58. The normalized spacial score (nSPS) is 13.5. The molecule has 90 valence electrons. The molecule has 0 spiro atoms. The maximum Gasteiger partial charge on any atom is 0.241 e. The highest BCUT2D eigenvalue weighted by atomic mass is 32.2. The summed E-state index contributed by atoms with van der Waals surface area (Å²) in [6.45, 7) is 1.63. The summed E-state index contributed by atoms with van der Waals surface area (Å²) in [5.41, 5.74) is 0.694. The Kier molecular flexibility index (Phi) is 3.90. The van der Waals surface area contributed by atoms with Crippen LogP contribution in [0.25, 0.3) is 0 Å². The van der Waals surface area contributed by atoms with Gasteiger partial charge < -0.3 is 9.84 Å². The van der Waals surface area contributed by atoms with Gasteiger partial charge in [-0.25, -0.2) is 13.6 Å². The molecule has 0 radical (unpaired) electrons. The molecule has 0 amide bonds. The zero-order valence-electron chi connectivity index (χ0n) is 9.17. The van der Waals surface area contributed by atoms with Crippen molar-refractivity contribution in [1.82, 2.24) is 0 Å². The highest BCUT2D eigenvalue weighted by molar-refractivity contribution is 7.89. The van der Waals surface area contributed by atoms with Crippen LogP contribution >= 0.6 is 0 Å². The summed E-state index contributed by atoms with van der Waals surface area (Å²) in [6.07, 6.45) is -0.172. The van der Waals surface area contributed by atoms with Crippen molar-refractivity contribution in [3.05, 3.63) is 23.8 Å². The zero-order chi connectivity index (χ0) is 12.3. The van der Waals surface area contributed by atoms with Gasteiger partial charge >= 0.3 is 0 Å². The summed E-state index contributed by atoms with van der Waals surface area (Å²) in [7, 11) is -2.44. The molecule has 0 saturated heterocycles. The van der Waals surface area contributed by atoms with E-state index in [0.717, 1.165) is 0 Å². The van der Waals surface area contributed by atoms with Crippen molar-refractivity contribution < 1.29 is 18.3 Å². The molecule has 16 heavy (non-hydrogen) atoms. The molecule has 0 fully saturated rings. The van der Waals surface area contributed by atoms with E-state index in [1.54, 1.807) is 13.0 Å². The molecule has 1 unspecified atom stereocenters. The van der Waals surface area contributed by atoms with Gasteiger partial charge in [-0.2, -0.15) is 0 Å². The van der Waals surface area contributed by atoms with Crippen molar-refractivity contribution in [2.75, 3.05) is 7.11 Å². The summed E-state index contributed by atoms with van der Waals surface area (Å²) in [4.78, 5) is -0.0619. The van der Waals surface area contributed by atoms with Crippen LogP contribution in [0.15, 0.2) is 23.1 Å². The van der Waals surface area contributed by atoms with E-state index in [0.29, 0.717) is 12.0 Å². The van der Waals surface area contributed by atoms with E-state index in [1.807, 2.05) is 0 Å².